The van der Waals surface area contributed by atoms with E-state index < -0.39 is 0 Å². The summed E-state index contributed by atoms with van der Waals surface area (Å²) in [4.78, 5) is 5.45. The molecule has 158 valence electrons. The summed E-state index contributed by atoms with van der Waals surface area (Å²) in [6.45, 7) is 21.7. The zero-order chi connectivity index (χ0) is 19.9. The van der Waals surface area contributed by atoms with Gasteiger partial charge in [-0.25, -0.2) is 0 Å². The topological polar surface area (TPSA) is 6.48 Å². The average molecular weight is 377 g/mol. The van der Waals surface area contributed by atoms with Crippen molar-refractivity contribution in [1.82, 2.24) is 9.80 Å². The molecular weight excluding hydrogens is 328 g/mol. The quantitative estimate of drug-likeness (QED) is 0.601. The molecule has 6 unspecified atom stereocenters. The molecule has 3 saturated heterocycles. The molecule has 0 N–H and O–H groups in total. The first-order valence-electron chi connectivity index (χ1n) is 12.2. The van der Waals surface area contributed by atoms with Crippen LogP contribution in [-0.4, -0.2) is 47.1 Å². The van der Waals surface area contributed by atoms with Crippen LogP contribution in [0.5, 0.6) is 0 Å². The van der Waals surface area contributed by atoms with E-state index in [2.05, 4.69) is 65.2 Å². The Morgan fingerprint density at radius 3 is 1.44 bits per heavy atom. The van der Waals surface area contributed by atoms with Crippen molar-refractivity contribution in [2.24, 2.45) is 35.5 Å². The number of hydrogen-bond donors (Lipinski definition) is 0. The normalized spacial score (nSPS) is 39.1. The monoisotopic (exact) mass is 376 g/mol. The minimum absolute atomic E-state index is 0.760. The summed E-state index contributed by atoms with van der Waals surface area (Å²) in [6.07, 6.45) is 7.39. The van der Waals surface area contributed by atoms with Crippen molar-refractivity contribution in [3.05, 3.63) is 0 Å². The van der Waals surface area contributed by atoms with E-state index >= 15 is 0 Å². The van der Waals surface area contributed by atoms with Gasteiger partial charge in [0.25, 0.3) is 0 Å². The van der Waals surface area contributed by atoms with Gasteiger partial charge >= 0.3 is 0 Å². The van der Waals surface area contributed by atoms with E-state index in [1.165, 1.54) is 45.2 Å². The molecule has 0 aromatic rings. The number of nitrogens with zero attached hydrogens (tertiary/aromatic N) is 2. The summed E-state index contributed by atoms with van der Waals surface area (Å²) in [5.41, 5.74) is 0. The summed E-state index contributed by atoms with van der Waals surface area (Å²) in [5.74, 6) is 5.87. The van der Waals surface area contributed by atoms with Crippen LogP contribution in [0.3, 0.4) is 0 Å². The second-order valence-electron chi connectivity index (χ2n) is 11.5. The fourth-order valence-corrected chi connectivity index (χ4v) is 7.12. The van der Waals surface area contributed by atoms with Gasteiger partial charge in [0.15, 0.2) is 0 Å². The number of likely N-dealkylation sites (tertiary alicyclic amines) is 1. The van der Waals surface area contributed by atoms with E-state index in [0.717, 1.165) is 59.7 Å². The van der Waals surface area contributed by atoms with Gasteiger partial charge in [0.1, 0.15) is 0 Å². The maximum Gasteiger partial charge on any atom is 0.0104 e. The highest BCUT2D eigenvalue weighted by atomic mass is 15.2. The summed E-state index contributed by atoms with van der Waals surface area (Å²) in [5, 5.41) is 0. The van der Waals surface area contributed by atoms with Crippen LogP contribution < -0.4 is 0 Å². The Morgan fingerprint density at radius 1 is 0.556 bits per heavy atom. The maximum absolute atomic E-state index is 2.74. The molecule has 2 heteroatoms. The standard InChI is InChI=1S/C13H25N.C12H23N/c1-9(2)13-7-12-6-5-11(13)8-14(12)10(3)4;1-8(2)12-6-11-5-10(12)7-13(11)9(3)4/h9-13H,5-8H2,1-4H3;8-12H,5-7H2,1-4H3. The van der Waals surface area contributed by atoms with Gasteiger partial charge in [-0.05, 0) is 95.3 Å². The third-order valence-electron chi connectivity index (χ3n) is 8.61. The van der Waals surface area contributed by atoms with E-state index in [1.54, 1.807) is 0 Å². The lowest BCUT2D eigenvalue weighted by atomic mass is 9.67. The molecule has 2 nitrogen and oxygen atoms in total. The number of piperidine rings is 3. The number of hydrogen-bond acceptors (Lipinski definition) is 2. The smallest absolute Gasteiger partial charge is 0.0104 e. The molecular formula is C25H48N2. The van der Waals surface area contributed by atoms with Crippen molar-refractivity contribution in [2.45, 2.75) is 112 Å². The van der Waals surface area contributed by atoms with Gasteiger partial charge in [-0.3, -0.25) is 9.80 Å². The fourth-order valence-electron chi connectivity index (χ4n) is 7.12. The third kappa shape index (κ3) is 4.58. The van der Waals surface area contributed by atoms with Crippen molar-refractivity contribution >= 4 is 0 Å². The van der Waals surface area contributed by atoms with Crippen LogP contribution >= 0.6 is 0 Å². The molecule has 0 aromatic heterocycles. The number of rotatable bonds is 4. The zero-order valence-electron chi connectivity index (χ0n) is 19.6. The minimum atomic E-state index is 0.760. The van der Waals surface area contributed by atoms with E-state index in [0.29, 0.717) is 0 Å². The first-order valence-corrected chi connectivity index (χ1v) is 12.2. The molecule has 5 fully saturated rings. The van der Waals surface area contributed by atoms with Gasteiger partial charge < -0.3 is 0 Å². The zero-order valence-corrected chi connectivity index (χ0v) is 19.6. The summed E-state index contributed by atoms with van der Waals surface area (Å²) in [7, 11) is 0. The van der Waals surface area contributed by atoms with Crippen LogP contribution in [0.15, 0.2) is 0 Å². The molecule has 6 atom stereocenters. The van der Waals surface area contributed by atoms with Gasteiger partial charge in [-0.1, -0.05) is 27.7 Å². The van der Waals surface area contributed by atoms with Crippen LogP contribution in [0.4, 0.5) is 0 Å². The van der Waals surface area contributed by atoms with Crippen LogP contribution in [0.25, 0.3) is 0 Å². The Balaban J connectivity index is 0.000000156. The average Bonchev–Trinajstić information content (AvgIpc) is 3.23. The first kappa shape index (κ1) is 21.6. The maximum atomic E-state index is 2.74. The second-order valence-corrected chi connectivity index (χ2v) is 11.5. The lowest BCUT2D eigenvalue weighted by Crippen LogP contribution is -2.55. The summed E-state index contributed by atoms with van der Waals surface area (Å²) < 4.78 is 0. The second kappa shape index (κ2) is 8.74. The predicted octanol–water partition coefficient (Wildman–Crippen LogP) is 5.91. The predicted molar refractivity (Wildman–Crippen MR) is 118 cm³/mol. The highest BCUT2D eigenvalue weighted by Crippen LogP contribution is 2.46. The third-order valence-corrected chi connectivity index (χ3v) is 8.61. The van der Waals surface area contributed by atoms with Crippen molar-refractivity contribution in [3.63, 3.8) is 0 Å². The fraction of sp³-hybridized carbons (Fsp3) is 1.00. The molecule has 3 aliphatic heterocycles. The lowest BCUT2D eigenvalue weighted by Gasteiger charge is -2.52. The molecule has 0 amide bonds. The molecule has 3 heterocycles. The van der Waals surface area contributed by atoms with Crippen molar-refractivity contribution < 1.29 is 0 Å². The Morgan fingerprint density at radius 2 is 1.04 bits per heavy atom. The molecule has 5 aliphatic rings. The van der Waals surface area contributed by atoms with E-state index in [1.807, 2.05) is 0 Å². The van der Waals surface area contributed by atoms with Crippen LogP contribution in [0.2, 0.25) is 0 Å². The van der Waals surface area contributed by atoms with Gasteiger partial charge in [-0.15, -0.1) is 0 Å². The van der Waals surface area contributed by atoms with Crippen LogP contribution in [-0.2, 0) is 0 Å². The molecule has 0 aromatic carbocycles. The molecule has 2 aliphatic carbocycles. The highest BCUT2D eigenvalue weighted by Gasteiger charge is 2.46. The summed E-state index contributed by atoms with van der Waals surface area (Å²) in [6, 6.07) is 3.36. The van der Waals surface area contributed by atoms with Crippen molar-refractivity contribution in [3.8, 4) is 0 Å². The minimum Gasteiger partial charge on any atom is -0.298 e. The van der Waals surface area contributed by atoms with Gasteiger partial charge in [-0.2, -0.15) is 0 Å². The number of fused-ring (bicyclic) bond motifs is 5. The SMILES string of the molecule is CC(C)C1CC2CC1CN2C(C)C.CC(C)C1CC2CCC1CN2C(C)C. The Kier molecular flexibility index (Phi) is 7.00. The Labute approximate surface area is 170 Å². The van der Waals surface area contributed by atoms with E-state index in [-0.39, 0.29) is 0 Å². The molecule has 0 spiro atoms. The van der Waals surface area contributed by atoms with Crippen molar-refractivity contribution in [1.29, 1.82) is 0 Å². The molecule has 0 radical (unpaired) electrons. The van der Waals surface area contributed by atoms with Crippen LogP contribution in [0.1, 0.15) is 87.5 Å². The highest BCUT2D eigenvalue weighted by molar-refractivity contribution is 4.99. The van der Waals surface area contributed by atoms with E-state index in [9.17, 15) is 0 Å². The molecule has 4 bridgehead atoms. The van der Waals surface area contributed by atoms with Gasteiger partial charge in [0, 0.05) is 37.3 Å². The summed E-state index contributed by atoms with van der Waals surface area (Å²) >= 11 is 0. The van der Waals surface area contributed by atoms with Crippen LogP contribution in [0, 0.1) is 35.5 Å². The molecule has 27 heavy (non-hydrogen) atoms. The molecule has 2 saturated carbocycles. The lowest BCUT2D eigenvalue weighted by molar-refractivity contribution is -0.0287. The van der Waals surface area contributed by atoms with Crippen molar-refractivity contribution in [2.75, 3.05) is 13.1 Å². The first-order chi connectivity index (χ1) is 12.7. The van der Waals surface area contributed by atoms with Gasteiger partial charge in [0.2, 0.25) is 0 Å². The Bertz CT molecular complexity index is 427. The Hall–Kier alpha value is -0.0800. The van der Waals surface area contributed by atoms with E-state index in [4.69, 9.17) is 0 Å². The van der Waals surface area contributed by atoms with Gasteiger partial charge in [0.05, 0.1) is 0 Å². The largest absolute Gasteiger partial charge is 0.298 e. The molecule has 5 rings (SSSR count).